The van der Waals surface area contributed by atoms with Gasteiger partial charge in [-0.1, -0.05) is 12.1 Å². The van der Waals surface area contributed by atoms with E-state index < -0.39 is 56.3 Å². The fourth-order valence-corrected chi connectivity index (χ4v) is 3.33. The molecule has 0 aromatic heterocycles. The molecule has 2 rings (SSSR count). The van der Waals surface area contributed by atoms with Crippen LogP contribution in [0.15, 0.2) is 18.2 Å². The number of benzene rings is 2. The summed E-state index contributed by atoms with van der Waals surface area (Å²) < 4.78 is 41.0. The van der Waals surface area contributed by atoms with Gasteiger partial charge in [0.15, 0.2) is 0 Å². The van der Waals surface area contributed by atoms with E-state index in [1.54, 1.807) is 36.4 Å². The largest absolute Gasteiger partial charge is 0.417 e. The molecule has 0 amide bonds. The third kappa shape index (κ3) is 3.91. The van der Waals surface area contributed by atoms with Crippen molar-refractivity contribution >= 4 is 11.1 Å². The van der Waals surface area contributed by atoms with Crippen molar-refractivity contribution < 1.29 is 13.2 Å². The summed E-state index contributed by atoms with van der Waals surface area (Å²) in [5.74, 6) is 0. The Morgan fingerprint density at radius 1 is 0.727 bits per heavy atom. The van der Waals surface area contributed by atoms with Gasteiger partial charge in [0.2, 0.25) is 0 Å². The molecule has 0 aliphatic heterocycles. The molecule has 0 spiro atoms. The molecule has 0 aliphatic carbocycles. The molecule has 0 saturated heterocycles. The van der Waals surface area contributed by atoms with Gasteiger partial charge in [0.05, 0.1) is 45.5 Å². The molecule has 0 saturated carbocycles. The van der Waals surface area contributed by atoms with Crippen molar-refractivity contribution in [1.82, 2.24) is 0 Å². The van der Waals surface area contributed by atoms with Crippen molar-refractivity contribution in [3.8, 4) is 42.5 Å². The Balaban J connectivity index is 3.33. The van der Waals surface area contributed by atoms with Gasteiger partial charge in [-0.25, -0.2) is 0 Å². The summed E-state index contributed by atoms with van der Waals surface area (Å²) in [7, 11) is 0. The second-order valence-corrected chi connectivity index (χ2v) is 6.29. The van der Waals surface area contributed by atoms with Crippen LogP contribution >= 0.6 is 0 Å². The van der Waals surface area contributed by atoms with Gasteiger partial charge in [0.1, 0.15) is 35.9 Å². The lowest BCUT2D eigenvalue weighted by Crippen LogP contribution is -2.23. The normalized spacial score (nSPS) is 10.7. The summed E-state index contributed by atoms with van der Waals surface area (Å²) in [6.45, 7) is 0.986. The highest BCUT2D eigenvalue weighted by molar-refractivity contribution is 5.85. The molecule has 10 heteroatoms. The molecule has 2 aromatic rings. The molecule has 0 radical (unpaired) electrons. The van der Waals surface area contributed by atoms with E-state index in [0.717, 1.165) is 19.1 Å². The first-order valence-electron chi connectivity index (χ1n) is 8.62. The fraction of sp³-hybridized carbons (Fsp3) is 0.0870. The second-order valence-electron chi connectivity index (χ2n) is 6.29. The van der Waals surface area contributed by atoms with Crippen LogP contribution in [0.1, 0.15) is 38.9 Å². The van der Waals surface area contributed by atoms with E-state index in [2.05, 4.69) is 0 Å². The maximum Gasteiger partial charge on any atom is 0.417 e. The molecule has 0 heterocycles. The molecule has 0 fully saturated rings. The minimum atomic E-state index is -4.98. The van der Waals surface area contributed by atoms with Crippen molar-refractivity contribution in [3.05, 3.63) is 67.6 Å². The van der Waals surface area contributed by atoms with E-state index in [0.29, 0.717) is 6.07 Å². The van der Waals surface area contributed by atoms with Crippen LogP contribution < -0.4 is 10.4 Å². The molecule has 154 valence electrons. The van der Waals surface area contributed by atoms with Crippen molar-refractivity contribution in [3.63, 3.8) is 0 Å². The predicted octanol–water partition coefficient (Wildman–Crippen LogP) is 2.42. The lowest BCUT2D eigenvalue weighted by Gasteiger charge is -2.17. The smallest absolute Gasteiger partial charge is 0.192 e. The monoisotopic (exact) mass is 437 g/mol. The van der Waals surface area contributed by atoms with E-state index in [9.17, 15) is 34.2 Å². The van der Waals surface area contributed by atoms with Crippen molar-refractivity contribution in [2.75, 3.05) is 0 Å². The van der Waals surface area contributed by atoms with Crippen LogP contribution in [0.2, 0.25) is 0 Å². The zero-order valence-corrected chi connectivity index (χ0v) is 16.5. The number of rotatable bonds is 1. The third-order valence-corrected chi connectivity index (χ3v) is 4.65. The maximum atomic E-state index is 13.7. The third-order valence-electron chi connectivity index (χ3n) is 4.65. The molecule has 0 N–H and O–H groups in total. The SMILES string of the molecule is Cc1c(/C(C#N)=c2/ccc(=C(C#N)C#N)c(C#N)c2C#N)c(C#N)cc(C#N)c1C(F)(F)F. The molecule has 0 bridgehead atoms. The highest BCUT2D eigenvalue weighted by Gasteiger charge is 2.37. The minimum Gasteiger partial charge on any atom is -0.192 e. The number of nitrogens with zero attached hydrogens (tertiary/aromatic N) is 7. The zero-order valence-electron chi connectivity index (χ0n) is 16.5. The van der Waals surface area contributed by atoms with Gasteiger partial charge in [-0.2, -0.15) is 50.0 Å². The lowest BCUT2D eigenvalue weighted by atomic mass is 9.87. The zero-order chi connectivity index (χ0) is 24.9. The van der Waals surface area contributed by atoms with Crippen molar-refractivity contribution in [1.29, 1.82) is 36.8 Å². The molecule has 33 heavy (non-hydrogen) atoms. The van der Waals surface area contributed by atoms with Crippen LogP contribution in [0.3, 0.4) is 0 Å². The van der Waals surface area contributed by atoms with Crippen LogP contribution in [0.25, 0.3) is 11.1 Å². The molecular formula is C23H6F3N7. The number of hydrogen-bond acceptors (Lipinski definition) is 7. The Kier molecular flexibility index (Phi) is 6.49. The summed E-state index contributed by atoms with van der Waals surface area (Å²) in [5.41, 5.74) is -5.50. The van der Waals surface area contributed by atoms with Crippen LogP contribution in [-0.2, 0) is 6.18 Å². The Hall–Kier alpha value is -5.60. The summed E-state index contributed by atoms with van der Waals surface area (Å²) in [5, 5.41) is 65.4. The highest BCUT2D eigenvalue weighted by atomic mass is 19.4. The number of halogens is 3. The van der Waals surface area contributed by atoms with Gasteiger partial charge in [0, 0.05) is 16.0 Å². The van der Waals surface area contributed by atoms with Crippen LogP contribution in [0, 0.1) is 86.2 Å². The second kappa shape index (κ2) is 9.04. The predicted molar refractivity (Wildman–Crippen MR) is 103 cm³/mol. The van der Waals surface area contributed by atoms with Crippen LogP contribution in [-0.4, -0.2) is 0 Å². The molecular weight excluding hydrogens is 431 g/mol. The number of alkyl halides is 3. The van der Waals surface area contributed by atoms with Gasteiger partial charge < -0.3 is 0 Å². The van der Waals surface area contributed by atoms with E-state index >= 15 is 0 Å². The molecule has 2 aromatic carbocycles. The minimum absolute atomic E-state index is 0.187. The lowest BCUT2D eigenvalue weighted by molar-refractivity contribution is -0.138. The van der Waals surface area contributed by atoms with Gasteiger partial charge in [-0.15, -0.1) is 0 Å². The summed E-state index contributed by atoms with van der Waals surface area (Å²) >= 11 is 0. The van der Waals surface area contributed by atoms with Crippen molar-refractivity contribution in [2.24, 2.45) is 0 Å². The standard InChI is InChI=1S/C23H6F3N7/c1-12-21(13(5-27)4-14(6-28)22(12)23(24,25)26)20(11-33)17-3-2-16(15(7-29)8-30)18(9-31)19(17)10-32/h2-4H,1H3/b20-17-. The molecule has 0 unspecified atom stereocenters. The van der Waals surface area contributed by atoms with Gasteiger partial charge in [-0.05, 0) is 18.6 Å². The first-order chi connectivity index (χ1) is 15.6. The van der Waals surface area contributed by atoms with Crippen molar-refractivity contribution in [2.45, 2.75) is 13.1 Å². The summed E-state index contributed by atoms with van der Waals surface area (Å²) in [6, 6.07) is 14.2. The maximum absolute atomic E-state index is 13.7. The number of nitriles is 7. The highest BCUT2D eigenvalue weighted by Crippen LogP contribution is 2.38. The van der Waals surface area contributed by atoms with Gasteiger partial charge >= 0.3 is 6.18 Å². The molecule has 7 nitrogen and oxygen atoms in total. The van der Waals surface area contributed by atoms with E-state index in [1.165, 1.54) is 6.07 Å². The Morgan fingerprint density at radius 2 is 1.24 bits per heavy atom. The topological polar surface area (TPSA) is 167 Å². The van der Waals surface area contributed by atoms with Gasteiger partial charge in [0.25, 0.3) is 0 Å². The Morgan fingerprint density at radius 3 is 1.67 bits per heavy atom. The quantitative estimate of drug-likeness (QED) is 0.660. The Labute approximate surface area is 184 Å². The van der Waals surface area contributed by atoms with E-state index in [4.69, 9.17) is 15.8 Å². The average Bonchev–Trinajstić information content (AvgIpc) is 2.79. The molecule has 0 aliphatic rings. The molecule has 0 atom stereocenters. The fourth-order valence-electron chi connectivity index (χ4n) is 3.33. The summed E-state index contributed by atoms with van der Waals surface area (Å²) in [4.78, 5) is 0. The Bertz CT molecular complexity index is 1610. The number of hydrogen-bond donors (Lipinski definition) is 0. The van der Waals surface area contributed by atoms with Crippen LogP contribution in [0.5, 0.6) is 0 Å². The first kappa shape index (κ1) is 23.7. The summed E-state index contributed by atoms with van der Waals surface area (Å²) in [6.07, 6.45) is -4.98. The first-order valence-corrected chi connectivity index (χ1v) is 8.62. The van der Waals surface area contributed by atoms with E-state index in [1.807, 2.05) is 0 Å². The van der Waals surface area contributed by atoms with Gasteiger partial charge in [-0.3, -0.25) is 0 Å². The van der Waals surface area contributed by atoms with Crippen LogP contribution in [0.4, 0.5) is 13.2 Å². The van der Waals surface area contributed by atoms with E-state index in [-0.39, 0.29) is 10.4 Å². The average molecular weight is 437 g/mol.